The first kappa shape index (κ1) is 13.9. The minimum Gasteiger partial charge on any atom is -0.485 e. The number of ether oxygens (including phenoxy) is 1. The summed E-state index contributed by atoms with van der Waals surface area (Å²) in [5, 5.41) is 0.765. The van der Waals surface area contributed by atoms with E-state index in [0.29, 0.717) is 0 Å². The van der Waals surface area contributed by atoms with E-state index in [1.165, 1.54) is 0 Å². The molecule has 0 saturated carbocycles. The number of hydrogen-bond donors (Lipinski definition) is 1. The fourth-order valence-electron chi connectivity index (χ4n) is 2.49. The van der Waals surface area contributed by atoms with E-state index in [0.717, 1.165) is 38.4 Å². The summed E-state index contributed by atoms with van der Waals surface area (Å²) in [4.78, 5) is 0. The van der Waals surface area contributed by atoms with E-state index >= 15 is 0 Å². The maximum absolute atomic E-state index is 6.28. The van der Waals surface area contributed by atoms with Crippen molar-refractivity contribution < 1.29 is 4.74 Å². The molecule has 0 saturated heterocycles. The molecule has 20 heavy (non-hydrogen) atoms. The van der Waals surface area contributed by atoms with Gasteiger partial charge < -0.3 is 10.5 Å². The highest BCUT2D eigenvalue weighted by molar-refractivity contribution is 9.10. The molecule has 0 amide bonds. The molecule has 1 aliphatic heterocycles. The lowest BCUT2D eigenvalue weighted by Gasteiger charge is -2.31. The Morgan fingerprint density at radius 3 is 2.80 bits per heavy atom. The number of hydrogen-bond acceptors (Lipinski definition) is 2. The van der Waals surface area contributed by atoms with Gasteiger partial charge in [-0.2, -0.15) is 0 Å². The number of benzene rings is 2. The lowest BCUT2D eigenvalue weighted by Crippen LogP contribution is -2.24. The normalized spacial score (nSPS) is 21.2. The van der Waals surface area contributed by atoms with Crippen molar-refractivity contribution in [1.82, 2.24) is 0 Å². The molecule has 2 atom stereocenters. The smallest absolute Gasteiger partial charge is 0.126 e. The molecule has 2 N–H and O–H groups in total. The molecule has 3 rings (SSSR count). The van der Waals surface area contributed by atoms with Gasteiger partial charge in [0.25, 0.3) is 0 Å². The summed E-state index contributed by atoms with van der Waals surface area (Å²) in [6.45, 7) is 1.99. The molecule has 1 aliphatic rings. The highest BCUT2D eigenvalue weighted by Gasteiger charge is 2.27. The first-order chi connectivity index (χ1) is 9.54. The summed E-state index contributed by atoms with van der Waals surface area (Å²) in [6.07, 6.45) is 0.708. The third-order valence-corrected chi connectivity index (χ3v) is 4.58. The second-order valence-electron chi connectivity index (χ2n) is 5.14. The summed E-state index contributed by atoms with van der Waals surface area (Å²) in [7, 11) is 0. The van der Waals surface area contributed by atoms with Crippen molar-refractivity contribution in [3.8, 4) is 5.75 Å². The molecule has 1 heterocycles. The zero-order valence-electron chi connectivity index (χ0n) is 11.1. The van der Waals surface area contributed by atoms with Crippen LogP contribution in [0.25, 0.3) is 0 Å². The Morgan fingerprint density at radius 1 is 1.25 bits per heavy atom. The third-order valence-electron chi connectivity index (χ3n) is 3.68. The lowest BCUT2D eigenvalue weighted by atomic mass is 9.93. The van der Waals surface area contributed by atoms with E-state index in [-0.39, 0.29) is 12.1 Å². The fourth-order valence-corrected chi connectivity index (χ4v) is 3.06. The van der Waals surface area contributed by atoms with E-state index in [1.54, 1.807) is 0 Å². The van der Waals surface area contributed by atoms with Crippen LogP contribution in [0.4, 0.5) is 0 Å². The maximum atomic E-state index is 6.28. The molecule has 0 fully saturated rings. The first-order valence-corrected chi connectivity index (χ1v) is 7.69. The SMILES string of the molecule is Cc1ccc(C2C[C@H](N)c3cc(Br)ccc3O2)cc1Cl. The predicted molar refractivity (Wildman–Crippen MR) is 85.2 cm³/mol. The summed E-state index contributed by atoms with van der Waals surface area (Å²) in [6, 6.07) is 12.0. The largest absolute Gasteiger partial charge is 0.485 e. The molecule has 2 aromatic rings. The minimum atomic E-state index is -0.0447. The quantitative estimate of drug-likeness (QED) is 0.789. The molecule has 0 aliphatic carbocycles. The van der Waals surface area contributed by atoms with Crippen LogP contribution in [0.2, 0.25) is 5.02 Å². The molecule has 0 bridgehead atoms. The van der Waals surface area contributed by atoms with E-state index in [2.05, 4.69) is 22.0 Å². The number of halogens is 2. The van der Waals surface area contributed by atoms with Gasteiger partial charge in [-0.25, -0.2) is 0 Å². The minimum absolute atomic E-state index is 0.0265. The van der Waals surface area contributed by atoms with Crippen molar-refractivity contribution in [3.63, 3.8) is 0 Å². The van der Waals surface area contributed by atoms with Gasteiger partial charge in [0.2, 0.25) is 0 Å². The summed E-state index contributed by atoms with van der Waals surface area (Å²) < 4.78 is 7.10. The summed E-state index contributed by atoms with van der Waals surface area (Å²) >= 11 is 9.66. The van der Waals surface area contributed by atoms with Gasteiger partial charge in [-0.05, 0) is 42.3 Å². The van der Waals surface area contributed by atoms with Gasteiger partial charge in [0, 0.05) is 27.5 Å². The zero-order valence-corrected chi connectivity index (χ0v) is 13.4. The number of aryl methyl sites for hydroxylation is 1. The van der Waals surface area contributed by atoms with Crippen LogP contribution >= 0.6 is 27.5 Å². The topological polar surface area (TPSA) is 35.2 Å². The predicted octanol–water partition coefficient (Wildman–Crippen LogP) is 4.93. The van der Waals surface area contributed by atoms with Crippen molar-refractivity contribution >= 4 is 27.5 Å². The highest BCUT2D eigenvalue weighted by atomic mass is 79.9. The van der Waals surface area contributed by atoms with Gasteiger partial charge in [0.15, 0.2) is 0 Å². The van der Waals surface area contributed by atoms with Crippen LogP contribution < -0.4 is 10.5 Å². The molecular weight excluding hydrogens is 338 g/mol. The fraction of sp³-hybridized carbons (Fsp3) is 0.250. The number of fused-ring (bicyclic) bond motifs is 1. The Morgan fingerprint density at radius 2 is 2.05 bits per heavy atom. The Kier molecular flexibility index (Phi) is 3.76. The molecular formula is C16H15BrClNO. The van der Waals surface area contributed by atoms with Crippen LogP contribution in [0.5, 0.6) is 5.75 Å². The molecule has 104 valence electrons. The Bertz CT molecular complexity index is 659. The van der Waals surface area contributed by atoms with Gasteiger partial charge in [-0.15, -0.1) is 0 Å². The van der Waals surface area contributed by atoms with Crippen molar-refractivity contribution in [1.29, 1.82) is 0 Å². The average Bonchev–Trinajstić information content (AvgIpc) is 2.42. The van der Waals surface area contributed by atoms with Crippen LogP contribution in [0, 0.1) is 6.92 Å². The molecule has 0 spiro atoms. The molecule has 1 unspecified atom stereocenters. The molecule has 2 aromatic carbocycles. The van der Waals surface area contributed by atoms with E-state index in [1.807, 2.05) is 37.3 Å². The lowest BCUT2D eigenvalue weighted by molar-refractivity contribution is 0.161. The van der Waals surface area contributed by atoms with Gasteiger partial charge in [0.1, 0.15) is 11.9 Å². The second kappa shape index (κ2) is 5.40. The summed E-state index contributed by atoms with van der Waals surface area (Å²) in [5.41, 5.74) is 9.47. The van der Waals surface area contributed by atoms with Crippen molar-refractivity contribution in [2.45, 2.75) is 25.5 Å². The average molecular weight is 353 g/mol. The van der Waals surface area contributed by atoms with Crippen LogP contribution in [-0.4, -0.2) is 0 Å². The van der Waals surface area contributed by atoms with Crippen molar-refractivity contribution in [2.75, 3.05) is 0 Å². The van der Waals surface area contributed by atoms with Gasteiger partial charge in [-0.1, -0.05) is 39.7 Å². The van der Waals surface area contributed by atoms with E-state index in [4.69, 9.17) is 22.1 Å². The molecule has 4 heteroatoms. The number of rotatable bonds is 1. The van der Waals surface area contributed by atoms with E-state index < -0.39 is 0 Å². The van der Waals surface area contributed by atoms with Crippen LogP contribution in [-0.2, 0) is 0 Å². The van der Waals surface area contributed by atoms with Gasteiger partial charge in [0.05, 0.1) is 0 Å². The van der Waals surface area contributed by atoms with Crippen LogP contribution in [0.15, 0.2) is 40.9 Å². The maximum Gasteiger partial charge on any atom is 0.126 e. The standard InChI is InChI=1S/C16H15BrClNO/c1-9-2-3-10(6-13(9)18)16-8-14(19)12-7-11(17)4-5-15(12)20-16/h2-7,14,16H,8,19H2,1H3/t14-,16?/m0/s1. The molecule has 0 aromatic heterocycles. The Hall–Kier alpha value is -1.03. The monoisotopic (exact) mass is 351 g/mol. The third kappa shape index (κ3) is 2.58. The van der Waals surface area contributed by atoms with Gasteiger partial charge >= 0.3 is 0 Å². The van der Waals surface area contributed by atoms with E-state index in [9.17, 15) is 0 Å². The van der Waals surface area contributed by atoms with Crippen LogP contribution in [0.1, 0.15) is 35.3 Å². The second-order valence-corrected chi connectivity index (χ2v) is 6.46. The Labute approximate surface area is 132 Å². The Balaban J connectivity index is 1.94. The van der Waals surface area contributed by atoms with Gasteiger partial charge in [-0.3, -0.25) is 0 Å². The van der Waals surface area contributed by atoms with Crippen molar-refractivity contribution in [2.24, 2.45) is 5.73 Å². The molecule has 0 radical (unpaired) electrons. The molecule has 2 nitrogen and oxygen atoms in total. The first-order valence-electron chi connectivity index (χ1n) is 6.52. The number of nitrogens with two attached hydrogens (primary N) is 1. The summed E-state index contributed by atoms with van der Waals surface area (Å²) in [5.74, 6) is 0.855. The zero-order chi connectivity index (χ0) is 14.3. The van der Waals surface area contributed by atoms with Crippen molar-refractivity contribution in [3.05, 3.63) is 62.6 Å². The highest BCUT2D eigenvalue weighted by Crippen LogP contribution is 2.41. The van der Waals surface area contributed by atoms with Crippen LogP contribution in [0.3, 0.4) is 0 Å².